The summed E-state index contributed by atoms with van der Waals surface area (Å²) in [6.07, 6.45) is 2.16. The second-order valence-electron chi connectivity index (χ2n) is 4.21. The highest BCUT2D eigenvalue weighted by Crippen LogP contribution is 2.46. The fourth-order valence-corrected chi connectivity index (χ4v) is 2.56. The highest BCUT2D eigenvalue weighted by molar-refractivity contribution is 9.10. The van der Waals surface area contributed by atoms with E-state index in [9.17, 15) is 9.18 Å². The van der Waals surface area contributed by atoms with E-state index in [-0.39, 0.29) is 18.2 Å². The summed E-state index contributed by atoms with van der Waals surface area (Å²) in [5, 5.41) is 8.87. The lowest BCUT2D eigenvalue weighted by atomic mass is 9.91. The fourth-order valence-electron chi connectivity index (χ4n) is 2.02. The van der Waals surface area contributed by atoms with Crippen molar-refractivity contribution in [2.24, 2.45) is 5.92 Å². The molecule has 1 aromatic carbocycles. The van der Waals surface area contributed by atoms with Gasteiger partial charge >= 0.3 is 5.97 Å². The summed E-state index contributed by atoms with van der Waals surface area (Å²) >= 11 is 3.36. The highest BCUT2D eigenvalue weighted by atomic mass is 79.9. The first-order valence-corrected chi connectivity index (χ1v) is 6.04. The summed E-state index contributed by atoms with van der Waals surface area (Å²) in [4.78, 5) is 10.8. The van der Waals surface area contributed by atoms with Crippen molar-refractivity contribution in [3.8, 4) is 0 Å². The smallest absolute Gasteiger partial charge is 0.303 e. The third kappa shape index (κ3) is 2.61. The van der Waals surface area contributed by atoms with Gasteiger partial charge in [0, 0.05) is 4.47 Å². The Morgan fingerprint density at radius 2 is 2.25 bits per heavy atom. The van der Waals surface area contributed by atoms with Crippen LogP contribution in [0, 0.1) is 11.7 Å². The second kappa shape index (κ2) is 4.53. The van der Waals surface area contributed by atoms with Gasteiger partial charge in [-0.1, -0.05) is 15.9 Å². The lowest BCUT2D eigenvalue weighted by Crippen LogP contribution is -2.09. The van der Waals surface area contributed by atoms with E-state index in [1.165, 1.54) is 12.1 Å². The van der Waals surface area contributed by atoms with Crippen molar-refractivity contribution in [3.05, 3.63) is 34.1 Å². The van der Waals surface area contributed by atoms with Crippen LogP contribution in [0.15, 0.2) is 22.7 Å². The van der Waals surface area contributed by atoms with Crippen LogP contribution in [0.25, 0.3) is 0 Å². The highest BCUT2D eigenvalue weighted by Gasteiger charge is 2.34. The minimum Gasteiger partial charge on any atom is -0.481 e. The third-order valence-electron chi connectivity index (χ3n) is 2.94. The molecule has 1 aromatic rings. The Hall–Kier alpha value is -0.900. The molecule has 4 heteroatoms. The lowest BCUT2D eigenvalue weighted by molar-refractivity contribution is -0.137. The van der Waals surface area contributed by atoms with E-state index >= 15 is 0 Å². The summed E-state index contributed by atoms with van der Waals surface area (Å²) in [5.74, 6) is -0.806. The summed E-state index contributed by atoms with van der Waals surface area (Å²) < 4.78 is 14.0. The van der Waals surface area contributed by atoms with Crippen molar-refractivity contribution in [3.63, 3.8) is 0 Å². The molecule has 1 aliphatic rings. The van der Waals surface area contributed by atoms with Crippen LogP contribution in [0.4, 0.5) is 4.39 Å². The van der Waals surface area contributed by atoms with Gasteiger partial charge in [-0.3, -0.25) is 4.79 Å². The summed E-state index contributed by atoms with van der Waals surface area (Å²) in [6.45, 7) is 0. The Labute approximate surface area is 102 Å². The maximum atomic E-state index is 13.2. The molecule has 16 heavy (non-hydrogen) atoms. The molecule has 0 aliphatic heterocycles. The maximum absolute atomic E-state index is 13.2. The number of hydrogen-bond donors (Lipinski definition) is 1. The molecule has 0 spiro atoms. The van der Waals surface area contributed by atoms with E-state index in [4.69, 9.17) is 5.11 Å². The molecule has 1 N–H and O–H groups in total. The number of carboxylic acids is 1. The van der Waals surface area contributed by atoms with Gasteiger partial charge < -0.3 is 5.11 Å². The predicted octanol–water partition coefficient (Wildman–Crippen LogP) is 3.56. The molecule has 0 aromatic heterocycles. The number of benzene rings is 1. The molecule has 2 rings (SSSR count). The molecule has 0 radical (unpaired) electrons. The van der Waals surface area contributed by atoms with Gasteiger partial charge in [0.05, 0.1) is 6.42 Å². The number of aliphatic carboxylic acids is 1. The zero-order valence-corrected chi connectivity index (χ0v) is 10.2. The van der Waals surface area contributed by atoms with Crippen LogP contribution in [-0.2, 0) is 4.79 Å². The average molecular weight is 287 g/mol. The fraction of sp³-hybridized carbons (Fsp3) is 0.417. The molecule has 86 valence electrons. The van der Waals surface area contributed by atoms with Crippen LogP contribution in [0.2, 0.25) is 0 Å². The number of hydrogen-bond acceptors (Lipinski definition) is 1. The van der Waals surface area contributed by atoms with Gasteiger partial charge in [0.2, 0.25) is 0 Å². The van der Waals surface area contributed by atoms with Crippen LogP contribution in [0.3, 0.4) is 0 Å². The normalized spacial score (nSPS) is 17.1. The van der Waals surface area contributed by atoms with Gasteiger partial charge in [0.15, 0.2) is 0 Å². The first kappa shape index (κ1) is 11.6. The van der Waals surface area contributed by atoms with E-state index in [0.717, 1.165) is 22.9 Å². The topological polar surface area (TPSA) is 37.3 Å². The van der Waals surface area contributed by atoms with Gasteiger partial charge in [-0.2, -0.15) is 0 Å². The molecule has 1 atom stereocenters. The predicted molar refractivity (Wildman–Crippen MR) is 61.8 cm³/mol. The Kier molecular flexibility index (Phi) is 3.28. The van der Waals surface area contributed by atoms with Gasteiger partial charge in [0.25, 0.3) is 0 Å². The lowest BCUT2D eigenvalue weighted by Gasteiger charge is -2.16. The maximum Gasteiger partial charge on any atom is 0.303 e. The monoisotopic (exact) mass is 286 g/mol. The van der Waals surface area contributed by atoms with E-state index in [2.05, 4.69) is 15.9 Å². The Morgan fingerprint density at radius 1 is 1.56 bits per heavy atom. The molecule has 1 aliphatic carbocycles. The number of halogens is 2. The van der Waals surface area contributed by atoms with Crippen LogP contribution in [-0.4, -0.2) is 11.1 Å². The molecule has 1 unspecified atom stereocenters. The molecular formula is C12H12BrFO2. The molecule has 1 saturated carbocycles. The van der Waals surface area contributed by atoms with Crippen LogP contribution in [0.1, 0.15) is 30.7 Å². The summed E-state index contributed by atoms with van der Waals surface area (Å²) in [6, 6.07) is 4.45. The quantitative estimate of drug-likeness (QED) is 0.919. The number of rotatable bonds is 4. The van der Waals surface area contributed by atoms with Gasteiger partial charge in [0.1, 0.15) is 5.82 Å². The minimum atomic E-state index is -0.826. The van der Waals surface area contributed by atoms with Gasteiger partial charge in [-0.25, -0.2) is 4.39 Å². The summed E-state index contributed by atoms with van der Waals surface area (Å²) in [5.41, 5.74) is 0.782. The molecule has 1 fully saturated rings. The van der Waals surface area contributed by atoms with E-state index < -0.39 is 5.97 Å². The van der Waals surface area contributed by atoms with Crippen molar-refractivity contribution in [1.29, 1.82) is 0 Å². The van der Waals surface area contributed by atoms with Crippen LogP contribution >= 0.6 is 15.9 Å². The molecule has 0 amide bonds. The van der Waals surface area contributed by atoms with E-state index in [1.54, 1.807) is 6.07 Å². The standard InChI is InChI=1S/C12H12BrFO2/c13-11-4-3-8(14)5-10(11)9(6-12(15)16)7-1-2-7/h3-5,7,9H,1-2,6H2,(H,15,16). The van der Waals surface area contributed by atoms with Crippen LogP contribution < -0.4 is 0 Å². The molecule has 0 heterocycles. The zero-order valence-electron chi connectivity index (χ0n) is 8.62. The van der Waals surface area contributed by atoms with Gasteiger partial charge in [-0.05, 0) is 48.4 Å². The average Bonchev–Trinajstić information content (AvgIpc) is 3.02. The van der Waals surface area contributed by atoms with E-state index in [0.29, 0.717) is 5.92 Å². The SMILES string of the molecule is O=C(O)CC(c1cc(F)ccc1Br)C1CC1. The minimum absolute atomic E-state index is 0.0671. The van der Waals surface area contributed by atoms with E-state index in [1.807, 2.05) is 0 Å². The zero-order chi connectivity index (χ0) is 11.7. The van der Waals surface area contributed by atoms with Crippen molar-refractivity contribution in [2.45, 2.75) is 25.2 Å². The Bertz CT molecular complexity index is 415. The van der Waals surface area contributed by atoms with Crippen molar-refractivity contribution in [2.75, 3.05) is 0 Å². The van der Waals surface area contributed by atoms with Crippen molar-refractivity contribution < 1.29 is 14.3 Å². The first-order valence-electron chi connectivity index (χ1n) is 5.24. The Balaban J connectivity index is 2.30. The van der Waals surface area contributed by atoms with Crippen molar-refractivity contribution >= 4 is 21.9 Å². The summed E-state index contributed by atoms with van der Waals surface area (Å²) in [7, 11) is 0. The molecule has 0 saturated heterocycles. The largest absolute Gasteiger partial charge is 0.481 e. The Morgan fingerprint density at radius 3 is 2.81 bits per heavy atom. The molecule has 0 bridgehead atoms. The number of carbonyl (C=O) groups is 1. The van der Waals surface area contributed by atoms with Crippen LogP contribution in [0.5, 0.6) is 0 Å². The molecule has 2 nitrogen and oxygen atoms in total. The first-order chi connectivity index (χ1) is 7.58. The van der Waals surface area contributed by atoms with Gasteiger partial charge in [-0.15, -0.1) is 0 Å². The molecular weight excluding hydrogens is 275 g/mol. The number of carboxylic acid groups (broad SMARTS) is 1. The second-order valence-corrected chi connectivity index (χ2v) is 5.06. The third-order valence-corrected chi connectivity index (χ3v) is 3.67. The van der Waals surface area contributed by atoms with Crippen molar-refractivity contribution in [1.82, 2.24) is 0 Å².